The first kappa shape index (κ1) is 21.6. The van der Waals surface area contributed by atoms with Crippen LogP contribution in [0.25, 0.3) is 0 Å². The first-order valence-corrected chi connectivity index (χ1v) is 11.2. The number of aryl methyl sites for hydroxylation is 2. The molecule has 1 heterocycles. The largest absolute Gasteiger partial charge is 0.322 e. The van der Waals surface area contributed by atoms with Crippen molar-refractivity contribution in [2.45, 2.75) is 67.2 Å². The molecule has 0 bridgehead atoms. The molecule has 29 heavy (non-hydrogen) atoms. The first-order valence-electron chi connectivity index (χ1n) is 10.4. The predicted octanol–water partition coefficient (Wildman–Crippen LogP) is 6.12. The maximum atomic E-state index is 13.3. The number of carbonyl (C=O) groups excluding carboxylic acids is 2. The summed E-state index contributed by atoms with van der Waals surface area (Å²) in [7, 11) is 0. The second kappa shape index (κ2) is 8.31. The zero-order chi connectivity index (χ0) is 21.3. The van der Waals surface area contributed by atoms with E-state index in [-0.39, 0.29) is 17.2 Å². The number of nitrogens with one attached hydrogen (secondary N) is 2. The zero-order valence-electron chi connectivity index (χ0n) is 18.4. The van der Waals surface area contributed by atoms with Crippen molar-refractivity contribution < 1.29 is 9.59 Å². The van der Waals surface area contributed by atoms with Crippen LogP contribution in [0.15, 0.2) is 18.2 Å². The fraction of sp³-hybridized carbons (Fsp3) is 0.500. The Morgan fingerprint density at radius 2 is 1.86 bits per heavy atom. The van der Waals surface area contributed by atoms with Crippen molar-refractivity contribution in [3.63, 3.8) is 0 Å². The van der Waals surface area contributed by atoms with Gasteiger partial charge in [0.1, 0.15) is 5.00 Å². The molecule has 0 fully saturated rings. The van der Waals surface area contributed by atoms with Gasteiger partial charge in [-0.25, -0.2) is 0 Å². The highest BCUT2D eigenvalue weighted by atomic mass is 32.1. The van der Waals surface area contributed by atoms with E-state index in [2.05, 4.69) is 38.3 Å². The summed E-state index contributed by atoms with van der Waals surface area (Å²) < 4.78 is 0. The van der Waals surface area contributed by atoms with Crippen molar-refractivity contribution in [1.29, 1.82) is 0 Å². The van der Waals surface area contributed by atoms with Gasteiger partial charge in [0, 0.05) is 17.0 Å². The number of benzene rings is 1. The molecule has 1 aromatic heterocycles. The summed E-state index contributed by atoms with van der Waals surface area (Å²) in [6, 6.07) is 5.94. The molecule has 2 aromatic rings. The monoisotopic (exact) mass is 412 g/mol. The van der Waals surface area contributed by atoms with Gasteiger partial charge < -0.3 is 10.6 Å². The van der Waals surface area contributed by atoms with Crippen LogP contribution in [0.4, 0.5) is 10.7 Å². The molecular weight excluding hydrogens is 380 g/mol. The van der Waals surface area contributed by atoms with Crippen LogP contribution in [-0.4, -0.2) is 11.8 Å². The average Bonchev–Trinajstić information content (AvgIpc) is 3.00. The van der Waals surface area contributed by atoms with E-state index in [4.69, 9.17) is 0 Å². The lowest BCUT2D eigenvalue weighted by atomic mass is 9.72. The lowest BCUT2D eigenvalue weighted by Gasteiger charge is -2.33. The summed E-state index contributed by atoms with van der Waals surface area (Å²) in [5.41, 5.74) is 5.12. The molecule has 1 atom stereocenters. The molecule has 3 rings (SSSR count). The Hall–Kier alpha value is -2.14. The van der Waals surface area contributed by atoms with Crippen LogP contribution in [0, 0.1) is 25.2 Å². The Bertz CT molecular complexity index is 937. The summed E-state index contributed by atoms with van der Waals surface area (Å²) in [5.74, 6) is 0.390. The lowest BCUT2D eigenvalue weighted by molar-refractivity contribution is -0.115. The maximum absolute atomic E-state index is 13.3. The molecule has 0 radical (unpaired) electrons. The Morgan fingerprint density at radius 1 is 1.14 bits per heavy atom. The fourth-order valence-corrected chi connectivity index (χ4v) is 5.22. The smallest absolute Gasteiger partial charge is 0.258 e. The number of amides is 2. The fourth-order valence-electron chi connectivity index (χ4n) is 3.88. The van der Waals surface area contributed by atoms with E-state index in [1.807, 2.05) is 32.0 Å². The molecule has 2 amide bonds. The maximum Gasteiger partial charge on any atom is 0.258 e. The van der Waals surface area contributed by atoms with Crippen molar-refractivity contribution >= 4 is 33.8 Å². The van der Waals surface area contributed by atoms with Gasteiger partial charge >= 0.3 is 0 Å². The van der Waals surface area contributed by atoms with Crippen molar-refractivity contribution in [1.82, 2.24) is 0 Å². The Labute approximate surface area is 178 Å². The standard InChI is InChI=1S/C24H32N2O2S/c1-7-20(27)26-23-21(22(28)25-17-10-8-14(2)15(3)12-17)18-11-9-16(24(4,5)6)13-19(18)29-23/h8,10,12,16H,7,9,11,13H2,1-6H3,(H,25,28)(H,26,27). The number of hydrogen-bond acceptors (Lipinski definition) is 3. The Balaban J connectivity index is 1.95. The minimum Gasteiger partial charge on any atom is -0.322 e. The Kier molecular flexibility index (Phi) is 6.18. The van der Waals surface area contributed by atoms with Gasteiger partial charge in [-0.2, -0.15) is 0 Å². The van der Waals surface area contributed by atoms with Gasteiger partial charge in [0.15, 0.2) is 0 Å². The third-order valence-electron chi connectivity index (χ3n) is 6.06. The first-order chi connectivity index (χ1) is 13.6. The number of thiophene rings is 1. The summed E-state index contributed by atoms with van der Waals surface area (Å²) in [6.45, 7) is 12.8. The van der Waals surface area contributed by atoms with E-state index >= 15 is 0 Å². The zero-order valence-corrected chi connectivity index (χ0v) is 19.2. The molecule has 5 heteroatoms. The summed E-state index contributed by atoms with van der Waals surface area (Å²) in [4.78, 5) is 26.6. The molecule has 0 saturated heterocycles. The molecule has 1 aliphatic carbocycles. The van der Waals surface area contributed by atoms with E-state index in [1.54, 1.807) is 11.3 Å². The number of fused-ring (bicyclic) bond motifs is 1. The van der Waals surface area contributed by atoms with Crippen LogP contribution in [0.2, 0.25) is 0 Å². The van der Waals surface area contributed by atoms with Gasteiger partial charge in [0.25, 0.3) is 5.91 Å². The summed E-state index contributed by atoms with van der Waals surface area (Å²) in [6.07, 6.45) is 3.31. The van der Waals surface area contributed by atoms with E-state index in [1.165, 1.54) is 10.4 Å². The normalized spacial score (nSPS) is 16.3. The van der Waals surface area contributed by atoms with Gasteiger partial charge in [-0.1, -0.05) is 33.8 Å². The second-order valence-corrected chi connectivity index (χ2v) is 10.3. The Morgan fingerprint density at radius 3 is 2.48 bits per heavy atom. The van der Waals surface area contributed by atoms with Crippen LogP contribution in [-0.2, 0) is 17.6 Å². The van der Waals surface area contributed by atoms with E-state index in [0.29, 0.717) is 22.9 Å². The van der Waals surface area contributed by atoms with Crippen LogP contribution in [0.3, 0.4) is 0 Å². The number of carbonyl (C=O) groups is 2. The van der Waals surface area contributed by atoms with Gasteiger partial charge in [0.05, 0.1) is 5.56 Å². The van der Waals surface area contributed by atoms with E-state index in [0.717, 1.165) is 36.1 Å². The van der Waals surface area contributed by atoms with Crippen molar-refractivity contribution in [3.8, 4) is 0 Å². The SMILES string of the molecule is CCC(=O)Nc1sc2c(c1C(=O)Nc1ccc(C)c(C)c1)CCC(C(C)(C)C)C2. The lowest BCUT2D eigenvalue weighted by Crippen LogP contribution is -2.27. The second-order valence-electron chi connectivity index (χ2n) is 9.17. The van der Waals surface area contributed by atoms with Crippen LogP contribution in [0.1, 0.15) is 72.5 Å². The van der Waals surface area contributed by atoms with Crippen LogP contribution in [0.5, 0.6) is 0 Å². The molecule has 4 nitrogen and oxygen atoms in total. The number of hydrogen-bond donors (Lipinski definition) is 2. The quantitative estimate of drug-likeness (QED) is 0.636. The minimum atomic E-state index is -0.133. The van der Waals surface area contributed by atoms with Gasteiger partial charge in [-0.15, -0.1) is 11.3 Å². The highest BCUT2D eigenvalue weighted by molar-refractivity contribution is 7.17. The summed E-state index contributed by atoms with van der Waals surface area (Å²) >= 11 is 1.58. The van der Waals surface area contributed by atoms with Crippen molar-refractivity contribution in [2.24, 2.45) is 11.3 Å². The molecule has 1 aliphatic rings. The highest BCUT2D eigenvalue weighted by Gasteiger charge is 2.34. The minimum absolute atomic E-state index is 0.0591. The molecule has 0 saturated carbocycles. The molecule has 2 N–H and O–H groups in total. The molecule has 1 aromatic carbocycles. The van der Waals surface area contributed by atoms with Gasteiger partial charge in [-0.3, -0.25) is 9.59 Å². The third kappa shape index (κ3) is 4.72. The average molecular weight is 413 g/mol. The molecule has 0 aliphatic heterocycles. The molecular formula is C24H32N2O2S. The van der Waals surface area contributed by atoms with Gasteiger partial charge in [-0.05, 0) is 73.3 Å². The van der Waals surface area contributed by atoms with Crippen LogP contribution >= 0.6 is 11.3 Å². The molecule has 1 unspecified atom stereocenters. The number of rotatable bonds is 4. The van der Waals surface area contributed by atoms with Crippen molar-refractivity contribution in [3.05, 3.63) is 45.3 Å². The van der Waals surface area contributed by atoms with Crippen LogP contribution < -0.4 is 10.6 Å². The van der Waals surface area contributed by atoms with Gasteiger partial charge in [0.2, 0.25) is 5.91 Å². The van der Waals surface area contributed by atoms with E-state index in [9.17, 15) is 9.59 Å². The third-order valence-corrected chi connectivity index (χ3v) is 7.23. The highest BCUT2D eigenvalue weighted by Crippen LogP contribution is 2.44. The topological polar surface area (TPSA) is 58.2 Å². The predicted molar refractivity (Wildman–Crippen MR) is 122 cm³/mol. The number of anilines is 2. The summed E-state index contributed by atoms with van der Waals surface area (Å²) in [5, 5.41) is 6.72. The molecule has 156 valence electrons. The van der Waals surface area contributed by atoms with E-state index < -0.39 is 0 Å². The molecule has 0 spiro atoms. The van der Waals surface area contributed by atoms with Crippen molar-refractivity contribution in [2.75, 3.05) is 10.6 Å².